The highest BCUT2D eigenvalue weighted by Crippen LogP contribution is 2.27. The van der Waals surface area contributed by atoms with Gasteiger partial charge in [0.2, 0.25) is 5.91 Å². The Morgan fingerprint density at radius 3 is 2.24 bits per heavy atom. The molecule has 7 nitrogen and oxygen atoms in total. The van der Waals surface area contributed by atoms with Crippen LogP contribution in [0.4, 0.5) is 5.69 Å². The topological polar surface area (TPSA) is 105 Å². The SMILES string of the molecule is CC(=O)NS(=O)(=O)c1ccc(NC(=O)c2cc(-c3ccc(Br)cc3)nc3ccccc23)cc1. The van der Waals surface area contributed by atoms with Gasteiger partial charge in [0.1, 0.15) is 0 Å². The minimum Gasteiger partial charge on any atom is -0.322 e. The fourth-order valence-electron chi connectivity index (χ4n) is 3.30. The first kappa shape index (κ1) is 22.6. The monoisotopic (exact) mass is 523 g/mol. The molecule has 3 aromatic carbocycles. The molecule has 0 saturated heterocycles. The largest absolute Gasteiger partial charge is 0.322 e. The van der Waals surface area contributed by atoms with Crippen molar-refractivity contribution in [1.82, 2.24) is 9.71 Å². The fraction of sp³-hybridized carbons (Fsp3) is 0.0417. The highest BCUT2D eigenvalue weighted by molar-refractivity contribution is 9.10. The molecule has 0 aliphatic rings. The summed E-state index contributed by atoms with van der Waals surface area (Å²) < 4.78 is 27.1. The second-order valence-electron chi connectivity index (χ2n) is 7.22. The number of para-hydroxylation sites is 1. The van der Waals surface area contributed by atoms with Crippen molar-refractivity contribution in [1.29, 1.82) is 0 Å². The summed E-state index contributed by atoms with van der Waals surface area (Å²) in [7, 11) is -3.95. The second kappa shape index (κ2) is 9.13. The van der Waals surface area contributed by atoms with Gasteiger partial charge in [-0.1, -0.05) is 46.3 Å². The molecule has 1 heterocycles. The predicted molar refractivity (Wildman–Crippen MR) is 130 cm³/mol. The Morgan fingerprint density at radius 1 is 0.909 bits per heavy atom. The van der Waals surface area contributed by atoms with Gasteiger partial charge < -0.3 is 5.32 Å². The number of sulfonamides is 1. The maximum Gasteiger partial charge on any atom is 0.264 e. The number of carbonyl (C=O) groups excluding carboxylic acids is 2. The second-order valence-corrected chi connectivity index (χ2v) is 9.82. The molecule has 0 unspecified atom stereocenters. The molecule has 0 aliphatic carbocycles. The lowest BCUT2D eigenvalue weighted by Crippen LogP contribution is -2.28. The number of hydrogen-bond acceptors (Lipinski definition) is 5. The molecule has 4 rings (SSSR count). The summed E-state index contributed by atoms with van der Waals surface area (Å²) >= 11 is 3.42. The van der Waals surface area contributed by atoms with Gasteiger partial charge in [-0.3, -0.25) is 9.59 Å². The number of nitrogens with one attached hydrogen (secondary N) is 2. The maximum absolute atomic E-state index is 13.2. The first-order valence-electron chi connectivity index (χ1n) is 9.83. The van der Waals surface area contributed by atoms with E-state index < -0.39 is 15.9 Å². The van der Waals surface area contributed by atoms with Gasteiger partial charge in [0, 0.05) is 28.0 Å². The van der Waals surface area contributed by atoms with E-state index in [0.717, 1.165) is 17.0 Å². The fourth-order valence-corrected chi connectivity index (χ4v) is 4.55. The third kappa shape index (κ3) is 5.10. The zero-order valence-electron chi connectivity index (χ0n) is 17.4. The molecule has 2 N–H and O–H groups in total. The minimum atomic E-state index is -3.95. The first-order valence-corrected chi connectivity index (χ1v) is 12.1. The highest BCUT2D eigenvalue weighted by Gasteiger charge is 2.17. The molecule has 4 aromatic rings. The van der Waals surface area contributed by atoms with Crippen molar-refractivity contribution in [2.75, 3.05) is 5.32 Å². The first-order chi connectivity index (χ1) is 15.7. The van der Waals surface area contributed by atoms with Crippen molar-refractivity contribution in [3.8, 4) is 11.3 Å². The number of aromatic nitrogens is 1. The number of hydrogen-bond donors (Lipinski definition) is 2. The van der Waals surface area contributed by atoms with Gasteiger partial charge in [-0.15, -0.1) is 0 Å². The van der Waals surface area contributed by atoms with Crippen molar-refractivity contribution in [2.45, 2.75) is 11.8 Å². The van der Waals surface area contributed by atoms with Gasteiger partial charge in [0.25, 0.3) is 15.9 Å². The van der Waals surface area contributed by atoms with Crippen LogP contribution in [-0.2, 0) is 14.8 Å². The number of amides is 2. The maximum atomic E-state index is 13.2. The summed E-state index contributed by atoms with van der Waals surface area (Å²) in [6.45, 7) is 1.12. The molecule has 0 bridgehead atoms. The molecule has 9 heteroatoms. The Kier molecular flexibility index (Phi) is 6.26. The zero-order chi connectivity index (χ0) is 23.6. The molecule has 0 radical (unpaired) electrons. The quantitative estimate of drug-likeness (QED) is 0.393. The van der Waals surface area contributed by atoms with E-state index in [1.807, 2.05) is 53.3 Å². The normalized spacial score (nSPS) is 11.2. The van der Waals surface area contributed by atoms with Crippen molar-refractivity contribution in [3.05, 3.63) is 88.9 Å². The Bertz CT molecular complexity index is 1470. The van der Waals surface area contributed by atoms with Crippen molar-refractivity contribution in [2.24, 2.45) is 0 Å². The molecule has 0 saturated carbocycles. The van der Waals surface area contributed by atoms with Crippen LogP contribution in [0, 0.1) is 0 Å². The molecule has 1 aromatic heterocycles. The summed E-state index contributed by atoms with van der Waals surface area (Å²) in [6.07, 6.45) is 0. The average Bonchev–Trinajstić information content (AvgIpc) is 2.78. The van der Waals surface area contributed by atoms with E-state index >= 15 is 0 Å². The van der Waals surface area contributed by atoms with Crippen LogP contribution in [0.3, 0.4) is 0 Å². The van der Waals surface area contributed by atoms with Crippen LogP contribution in [-0.4, -0.2) is 25.2 Å². The van der Waals surface area contributed by atoms with E-state index in [4.69, 9.17) is 4.98 Å². The molecule has 0 aliphatic heterocycles. The van der Waals surface area contributed by atoms with E-state index in [1.165, 1.54) is 24.3 Å². The minimum absolute atomic E-state index is 0.0809. The Hall–Kier alpha value is -3.56. The number of halogens is 1. The number of fused-ring (bicyclic) bond motifs is 1. The highest BCUT2D eigenvalue weighted by atomic mass is 79.9. The summed E-state index contributed by atoms with van der Waals surface area (Å²) in [5.74, 6) is -1.04. The van der Waals surface area contributed by atoms with Gasteiger partial charge in [-0.2, -0.15) is 0 Å². The molecule has 166 valence electrons. The summed E-state index contributed by atoms with van der Waals surface area (Å²) in [5.41, 5.74) is 3.05. The lowest BCUT2D eigenvalue weighted by atomic mass is 10.0. The van der Waals surface area contributed by atoms with E-state index in [2.05, 4.69) is 21.2 Å². The third-order valence-electron chi connectivity index (χ3n) is 4.80. The van der Waals surface area contributed by atoms with Gasteiger partial charge >= 0.3 is 0 Å². The van der Waals surface area contributed by atoms with Crippen LogP contribution >= 0.6 is 15.9 Å². The van der Waals surface area contributed by atoms with Gasteiger partial charge in [-0.25, -0.2) is 18.1 Å². The van der Waals surface area contributed by atoms with Crippen LogP contribution in [0.25, 0.3) is 22.2 Å². The molecule has 33 heavy (non-hydrogen) atoms. The zero-order valence-corrected chi connectivity index (χ0v) is 19.8. The Morgan fingerprint density at radius 2 is 1.58 bits per heavy atom. The predicted octanol–water partition coefficient (Wildman–Crippen LogP) is 4.74. The van der Waals surface area contributed by atoms with E-state index in [1.54, 1.807) is 6.07 Å². The Balaban J connectivity index is 1.67. The van der Waals surface area contributed by atoms with E-state index in [0.29, 0.717) is 27.8 Å². The summed E-state index contributed by atoms with van der Waals surface area (Å²) in [6, 6.07) is 22.3. The van der Waals surface area contributed by atoms with Crippen LogP contribution in [0.5, 0.6) is 0 Å². The van der Waals surface area contributed by atoms with Gasteiger partial charge in [0.15, 0.2) is 0 Å². The lowest BCUT2D eigenvalue weighted by molar-refractivity contribution is -0.117. The molecular weight excluding hydrogens is 506 g/mol. The van der Waals surface area contributed by atoms with Crippen LogP contribution in [0.15, 0.2) is 88.2 Å². The third-order valence-corrected chi connectivity index (χ3v) is 6.78. The molecule has 0 spiro atoms. The van der Waals surface area contributed by atoms with E-state index in [-0.39, 0.29) is 10.8 Å². The van der Waals surface area contributed by atoms with Crippen molar-refractivity contribution in [3.63, 3.8) is 0 Å². The van der Waals surface area contributed by atoms with Crippen LogP contribution in [0.2, 0.25) is 0 Å². The number of benzene rings is 3. The number of rotatable bonds is 5. The van der Waals surface area contributed by atoms with Crippen LogP contribution < -0.4 is 10.0 Å². The van der Waals surface area contributed by atoms with Crippen molar-refractivity contribution >= 4 is 54.4 Å². The molecule has 0 fully saturated rings. The molecular formula is C24H18BrN3O4S. The summed E-state index contributed by atoms with van der Waals surface area (Å²) in [5, 5.41) is 3.50. The number of pyridine rings is 1. The lowest BCUT2D eigenvalue weighted by Gasteiger charge is -2.11. The summed E-state index contributed by atoms with van der Waals surface area (Å²) in [4.78, 5) is 28.9. The molecule has 0 atom stereocenters. The Labute approximate surface area is 199 Å². The van der Waals surface area contributed by atoms with Crippen molar-refractivity contribution < 1.29 is 18.0 Å². The molecule has 2 amide bonds. The van der Waals surface area contributed by atoms with E-state index in [9.17, 15) is 18.0 Å². The van der Waals surface area contributed by atoms with Gasteiger partial charge in [-0.05, 0) is 48.5 Å². The number of anilines is 1. The number of nitrogens with zero attached hydrogens (tertiary/aromatic N) is 1. The number of carbonyl (C=O) groups is 2. The average molecular weight is 524 g/mol. The van der Waals surface area contributed by atoms with Crippen LogP contribution in [0.1, 0.15) is 17.3 Å². The smallest absolute Gasteiger partial charge is 0.264 e. The van der Waals surface area contributed by atoms with Gasteiger partial charge in [0.05, 0.1) is 21.7 Å². The standard InChI is InChI=1S/C24H18BrN3O4S/c1-15(29)28-33(31,32)19-12-10-18(11-13-19)26-24(30)21-14-23(16-6-8-17(25)9-7-16)27-22-5-3-2-4-20(21)22/h2-14H,1H3,(H,26,30)(H,28,29).